The smallest absolute Gasteiger partial charge is 0.345 e. The zero-order valence-corrected chi connectivity index (χ0v) is 26.5. The Morgan fingerprint density at radius 3 is 2.17 bits per heavy atom. The molecule has 4 bridgehead atoms. The van der Waals surface area contributed by atoms with E-state index in [4.69, 9.17) is 19.2 Å². The zero-order chi connectivity index (χ0) is 34.2. The predicted molar refractivity (Wildman–Crippen MR) is 157 cm³/mol. The average molecular weight is 688 g/mol. The molecule has 0 saturated carbocycles. The second-order valence-corrected chi connectivity index (χ2v) is 12.3. The fourth-order valence-corrected chi connectivity index (χ4v) is 5.80. The summed E-state index contributed by atoms with van der Waals surface area (Å²) in [5.74, 6) is -1.61. The van der Waals surface area contributed by atoms with Gasteiger partial charge in [-0.2, -0.15) is 4.84 Å². The minimum absolute atomic E-state index is 0.00556. The van der Waals surface area contributed by atoms with Gasteiger partial charge in [0.1, 0.15) is 24.4 Å². The van der Waals surface area contributed by atoms with Gasteiger partial charge in [-0.15, -0.1) is 5.10 Å². The monoisotopic (exact) mass is 687 g/mol. The summed E-state index contributed by atoms with van der Waals surface area (Å²) in [5, 5.41) is 61.2. The van der Waals surface area contributed by atoms with Crippen molar-refractivity contribution >= 4 is 17.8 Å². The Labute approximate surface area is 275 Å². The summed E-state index contributed by atoms with van der Waals surface area (Å²) < 4.78 is 6.59. The molecule has 0 spiro atoms. The quantitative estimate of drug-likeness (QED) is 0.139. The van der Waals surface area contributed by atoms with Crippen LogP contribution in [0.5, 0.6) is 0 Å². The molecule has 6 N–H and O–H groups in total. The number of aryl methyl sites for hydroxylation is 1. The fourth-order valence-electron chi connectivity index (χ4n) is 5.80. The predicted octanol–water partition coefficient (Wildman–Crippen LogP) is -6.16. The highest BCUT2D eigenvalue weighted by atomic mass is 17.2. The Balaban J connectivity index is 1.11. The van der Waals surface area contributed by atoms with E-state index in [9.17, 15) is 39.9 Å². The number of hydrogen-bond donors (Lipinski definition) is 6. The van der Waals surface area contributed by atoms with E-state index < -0.39 is 48.9 Å². The van der Waals surface area contributed by atoms with E-state index in [1.807, 2.05) is 19.6 Å². The Morgan fingerprint density at radius 1 is 0.854 bits per heavy atom. The summed E-state index contributed by atoms with van der Waals surface area (Å²) in [6, 6.07) is 0. The number of nitrogens with one attached hydrogen (secondary N) is 1. The average Bonchev–Trinajstić information content (AvgIpc) is 3.47. The van der Waals surface area contributed by atoms with Gasteiger partial charge >= 0.3 is 11.9 Å². The van der Waals surface area contributed by atoms with Gasteiger partial charge < -0.3 is 45.3 Å². The number of aromatic nitrogens is 3. The topological polar surface area (TPSA) is 248 Å². The molecule has 1 aromatic heterocycles. The van der Waals surface area contributed by atoms with E-state index in [0.717, 1.165) is 0 Å². The van der Waals surface area contributed by atoms with Crippen LogP contribution in [0.15, 0.2) is 6.20 Å². The van der Waals surface area contributed by atoms with Crippen LogP contribution in [0.2, 0.25) is 0 Å². The van der Waals surface area contributed by atoms with E-state index in [0.29, 0.717) is 77.4 Å². The first-order valence-corrected chi connectivity index (χ1v) is 16.0. The lowest BCUT2D eigenvalue weighted by Gasteiger charge is -2.38. The molecule has 5 rings (SSSR count). The summed E-state index contributed by atoms with van der Waals surface area (Å²) in [6.45, 7) is 4.23. The fraction of sp³-hybridized carbons (Fsp3) is 0.815. The van der Waals surface area contributed by atoms with Gasteiger partial charge in [-0.3, -0.25) is 24.4 Å². The standard InChI is InChI=1S/C27H45N9O12/c37-20(28-3-1-2-18-12-35(30-29-18)13-19-24(41)25(42)26(43)27(44)45-19)14-31-4-6-32-8-10-34-11-9-33(7-5-31)16-22(39)47-36(46-21(38)15-32)48-23(40)17-34/h12,19,21,24-27,38,41-44H,1-11,13-17H2,(H,28,37)/t19-,21?,24-,25+,26-,27?/m1/s1. The highest BCUT2D eigenvalue weighted by molar-refractivity contribution is 5.78. The maximum absolute atomic E-state index is 13.0. The van der Waals surface area contributed by atoms with Gasteiger partial charge in [0.15, 0.2) is 18.0 Å². The maximum atomic E-state index is 13.0. The van der Waals surface area contributed by atoms with Crippen LogP contribution in [0.4, 0.5) is 0 Å². The molecule has 21 nitrogen and oxygen atoms in total. The summed E-state index contributed by atoms with van der Waals surface area (Å²) >= 11 is 0. The van der Waals surface area contributed by atoms with Crippen LogP contribution in [0.1, 0.15) is 12.1 Å². The summed E-state index contributed by atoms with van der Waals surface area (Å²) in [4.78, 5) is 61.1. The summed E-state index contributed by atoms with van der Waals surface area (Å²) in [5.41, 5.74) is 0.629. The number of ether oxygens (including phenoxy) is 1. The van der Waals surface area contributed by atoms with Gasteiger partial charge in [0.25, 0.3) is 0 Å². The molecule has 0 aliphatic carbocycles. The molecule has 4 saturated heterocycles. The second-order valence-electron chi connectivity index (χ2n) is 12.3. The lowest BCUT2D eigenvalue weighted by Crippen LogP contribution is -2.58. The molecule has 1 aromatic rings. The molecule has 5 unspecified atom stereocenters. The molecule has 5 heterocycles. The number of carbonyl (C=O) groups excluding carboxylic acids is 3. The van der Waals surface area contributed by atoms with Crippen molar-refractivity contribution in [3.63, 3.8) is 0 Å². The largest absolute Gasteiger partial charge is 0.388 e. The SMILES string of the molecule is O=C(CN1CCN2CCN3CCN(CC1)CC(O)O[N@](OC(=O)C2)OC(=O)C3)NCCCc1cn(C[C@H]2OC(O)[C@H](O)[C@@H](O)[C@@H]2O)nn1. The van der Waals surface area contributed by atoms with Crippen molar-refractivity contribution < 1.29 is 59.2 Å². The van der Waals surface area contributed by atoms with Crippen LogP contribution < -0.4 is 5.32 Å². The Hall–Kier alpha value is -2.93. The molecule has 48 heavy (non-hydrogen) atoms. The van der Waals surface area contributed by atoms with Crippen molar-refractivity contribution in [2.24, 2.45) is 0 Å². The molecule has 1 amide bonds. The van der Waals surface area contributed by atoms with Crippen LogP contribution in [-0.2, 0) is 46.6 Å². The first kappa shape index (κ1) is 36.4. The van der Waals surface area contributed by atoms with Gasteiger partial charge in [0, 0.05) is 65.1 Å². The first-order chi connectivity index (χ1) is 23.0. The van der Waals surface area contributed by atoms with Gasteiger partial charge in [-0.05, 0) is 12.8 Å². The van der Waals surface area contributed by atoms with Crippen molar-refractivity contribution in [1.29, 1.82) is 0 Å². The van der Waals surface area contributed by atoms with Crippen molar-refractivity contribution in [2.75, 3.05) is 85.1 Å². The molecule has 0 radical (unpaired) electrons. The summed E-state index contributed by atoms with van der Waals surface area (Å²) in [7, 11) is 0. The van der Waals surface area contributed by atoms with Gasteiger partial charge in [-0.25, -0.2) is 14.3 Å². The summed E-state index contributed by atoms with van der Waals surface area (Å²) in [6.07, 6.45) is -6.00. The number of aliphatic hydroxyl groups excluding tert-OH is 5. The third-order valence-electron chi connectivity index (χ3n) is 8.55. The highest BCUT2D eigenvalue weighted by Gasteiger charge is 2.43. The molecule has 0 aromatic carbocycles. The number of fused-ring (bicyclic) bond motifs is 7. The van der Waals surface area contributed by atoms with Gasteiger partial charge in [0.05, 0.1) is 38.4 Å². The normalized spacial score (nSPS) is 35.8. The van der Waals surface area contributed by atoms with E-state index in [2.05, 4.69) is 15.6 Å². The van der Waals surface area contributed by atoms with E-state index in [1.165, 1.54) is 4.68 Å². The van der Waals surface area contributed by atoms with Crippen molar-refractivity contribution in [3.8, 4) is 0 Å². The number of nitrogens with zero attached hydrogens (tertiary/aromatic N) is 8. The lowest BCUT2D eigenvalue weighted by molar-refractivity contribution is -0.513. The Kier molecular flexibility index (Phi) is 13.0. The number of rotatable bonds is 8. The second kappa shape index (κ2) is 17.1. The van der Waals surface area contributed by atoms with E-state index in [1.54, 1.807) is 6.20 Å². The van der Waals surface area contributed by atoms with Crippen molar-refractivity contribution in [1.82, 2.24) is 45.3 Å². The van der Waals surface area contributed by atoms with Crippen LogP contribution in [0.25, 0.3) is 0 Å². The van der Waals surface area contributed by atoms with E-state index in [-0.39, 0.29) is 44.0 Å². The third-order valence-corrected chi connectivity index (χ3v) is 8.55. The number of hydrogen-bond acceptors (Lipinski definition) is 19. The highest BCUT2D eigenvalue weighted by Crippen LogP contribution is 2.21. The van der Waals surface area contributed by atoms with Crippen LogP contribution in [-0.4, -0.2) is 205 Å². The van der Waals surface area contributed by atoms with Crippen LogP contribution in [0.3, 0.4) is 0 Å². The minimum atomic E-state index is -1.64. The molecule has 4 aliphatic rings. The van der Waals surface area contributed by atoms with E-state index >= 15 is 0 Å². The van der Waals surface area contributed by atoms with Crippen molar-refractivity contribution in [2.45, 2.75) is 56.4 Å². The number of carbonyl (C=O) groups is 3. The maximum Gasteiger partial charge on any atom is 0.345 e. The number of aliphatic hydroxyl groups is 5. The van der Waals surface area contributed by atoms with Crippen molar-refractivity contribution in [3.05, 3.63) is 11.9 Å². The zero-order valence-electron chi connectivity index (χ0n) is 26.5. The van der Waals surface area contributed by atoms with Gasteiger partial charge in [-0.1, -0.05) is 5.21 Å². The molecule has 270 valence electrons. The molecule has 4 fully saturated rings. The molecular formula is C27H45N9O12. The van der Waals surface area contributed by atoms with Crippen LogP contribution in [0, 0.1) is 0 Å². The van der Waals surface area contributed by atoms with Gasteiger partial charge in [0.2, 0.25) is 5.91 Å². The minimum Gasteiger partial charge on any atom is -0.388 e. The van der Waals surface area contributed by atoms with Crippen LogP contribution >= 0.6 is 0 Å². The molecular weight excluding hydrogens is 642 g/mol. The molecule has 4 aliphatic heterocycles. The first-order valence-electron chi connectivity index (χ1n) is 16.0. The lowest BCUT2D eigenvalue weighted by atomic mass is 9.99. The Bertz CT molecular complexity index is 1230. The number of amides is 1. The molecule has 10 atom stereocenters. The third kappa shape index (κ3) is 10.5. The molecule has 21 heteroatoms. The Morgan fingerprint density at radius 2 is 1.48 bits per heavy atom.